The minimum absolute atomic E-state index is 0.249. The van der Waals surface area contributed by atoms with Gasteiger partial charge in [-0.1, -0.05) is 17.3 Å². The summed E-state index contributed by atoms with van der Waals surface area (Å²) in [4.78, 5) is 4.08. The van der Waals surface area contributed by atoms with Crippen LogP contribution in [-0.2, 0) is 6.42 Å². The lowest BCUT2D eigenvalue weighted by atomic mass is 10.1. The molecule has 0 atom stereocenters. The van der Waals surface area contributed by atoms with Crippen molar-refractivity contribution >= 4 is 0 Å². The number of rotatable bonds is 2. The molecule has 1 N–H and O–H groups in total. The molecular formula is C10H10N2O2. The highest BCUT2D eigenvalue weighted by molar-refractivity contribution is 5.28. The number of hydrogen-bond donors (Lipinski definition) is 1. The summed E-state index contributed by atoms with van der Waals surface area (Å²) in [6, 6.07) is 7.00. The summed E-state index contributed by atoms with van der Waals surface area (Å²) in [5.74, 6) is 1.44. The van der Waals surface area contributed by atoms with Crippen LogP contribution in [0, 0.1) is 6.92 Å². The highest BCUT2D eigenvalue weighted by Gasteiger charge is 2.04. The van der Waals surface area contributed by atoms with E-state index in [1.807, 2.05) is 6.07 Å². The Balaban J connectivity index is 2.18. The fourth-order valence-electron chi connectivity index (χ4n) is 1.25. The SMILES string of the molecule is Cc1noc(Cc2cccc(O)c2)n1. The zero-order chi connectivity index (χ0) is 9.97. The van der Waals surface area contributed by atoms with Gasteiger partial charge in [-0.3, -0.25) is 0 Å². The average molecular weight is 190 g/mol. The molecule has 0 aliphatic carbocycles. The topological polar surface area (TPSA) is 59.2 Å². The lowest BCUT2D eigenvalue weighted by Crippen LogP contribution is -1.87. The highest BCUT2D eigenvalue weighted by atomic mass is 16.5. The summed E-state index contributed by atoms with van der Waals surface area (Å²) in [6.07, 6.45) is 0.551. The number of phenolic OH excluding ortho intramolecular Hbond substituents is 1. The molecule has 0 aliphatic heterocycles. The summed E-state index contributed by atoms with van der Waals surface area (Å²) in [7, 11) is 0. The van der Waals surface area contributed by atoms with Gasteiger partial charge in [0.2, 0.25) is 5.89 Å². The van der Waals surface area contributed by atoms with E-state index in [0.29, 0.717) is 18.1 Å². The second kappa shape index (κ2) is 3.49. The van der Waals surface area contributed by atoms with Crippen molar-refractivity contribution in [1.29, 1.82) is 0 Å². The van der Waals surface area contributed by atoms with Gasteiger partial charge in [0.15, 0.2) is 5.82 Å². The maximum atomic E-state index is 9.23. The molecule has 0 fully saturated rings. The van der Waals surface area contributed by atoms with Crippen LogP contribution in [0.1, 0.15) is 17.3 Å². The van der Waals surface area contributed by atoms with Crippen LogP contribution in [0.15, 0.2) is 28.8 Å². The van der Waals surface area contributed by atoms with Crippen molar-refractivity contribution in [3.8, 4) is 5.75 Å². The Bertz CT molecular complexity index is 437. The summed E-state index contributed by atoms with van der Waals surface area (Å²) in [5, 5.41) is 12.9. The Morgan fingerprint density at radius 2 is 2.29 bits per heavy atom. The molecule has 0 bridgehead atoms. The lowest BCUT2D eigenvalue weighted by Gasteiger charge is -1.96. The van der Waals surface area contributed by atoms with Crippen molar-refractivity contribution in [2.24, 2.45) is 0 Å². The summed E-state index contributed by atoms with van der Waals surface area (Å²) in [6.45, 7) is 1.77. The van der Waals surface area contributed by atoms with Gasteiger partial charge in [0, 0.05) is 0 Å². The van der Waals surface area contributed by atoms with E-state index in [1.165, 1.54) is 0 Å². The largest absolute Gasteiger partial charge is 0.508 e. The zero-order valence-corrected chi connectivity index (χ0v) is 7.77. The number of nitrogens with zero attached hydrogens (tertiary/aromatic N) is 2. The van der Waals surface area contributed by atoms with Gasteiger partial charge in [0.25, 0.3) is 0 Å². The van der Waals surface area contributed by atoms with Crippen molar-refractivity contribution in [3.05, 3.63) is 41.5 Å². The fourth-order valence-corrected chi connectivity index (χ4v) is 1.25. The van der Waals surface area contributed by atoms with E-state index in [0.717, 1.165) is 5.56 Å². The standard InChI is InChI=1S/C10H10N2O2/c1-7-11-10(14-12-7)6-8-3-2-4-9(13)5-8/h2-5,13H,6H2,1H3. The predicted octanol–water partition coefficient (Wildman–Crippen LogP) is 1.67. The van der Waals surface area contributed by atoms with E-state index in [1.54, 1.807) is 25.1 Å². The molecule has 4 nitrogen and oxygen atoms in total. The van der Waals surface area contributed by atoms with E-state index in [4.69, 9.17) is 4.52 Å². The number of hydrogen-bond acceptors (Lipinski definition) is 4. The van der Waals surface area contributed by atoms with Crippen LogP contribution in [0.2, 0.25) is 0 Å². The number of aryl methyl sites for hydroxylation is 1. The first-order valence-electron chi connectivity index (χ1n) is 4.31. The molecule has 1 heterocycles. The first-order valence-corrected chi connectivity index (χ1v) is 4.31. The molecule has 0 saturated carbocycles. The van der Waals surface area contributed by atoms with Crippen LogP contribution in [0.25, 0.3) is 0 Å². The summed E-state index contributed by atoms with van der Waals surface area (Å²) >= 11 is 0. The Morgan fingerprint density at radius 3 is 2.93 bits per heavy atom. The fraction of sp³-hybridized carbons (Fsp3) is 0.200. The Labute approximate surface area is 81.2 Å². The number of benzene rings is 1. The van der Waals surface area contributed by atoms with Gasteiger partial charge < -0.3 is 9.63 Å². The van der Waals surface area contributed by atoms with E-state index in [9.17, 15) is 5.11 Å². The second-order valence-corrected chi connectivity index (χ2v) is 3.08. The molecule has 0 unspecified atom stereocenters. The molecule has 0 aliphatic rings. The lowest BCUT2D eigenvalue weighted by molar-refractivity contribution is 0.381. The molecule has 14 heavy (non-hydrogen) atoms. The molecule has 0 saturated heterocycles. The minimum Gasteiger partial charge on any atom is -0.508 e. The van der Waals surface area contributed by atoms with Gasteiger partial charge in [-0.15, -0.1) is 0 Å². The van der Waals surface area contributed by atoms with Crippen molar-refractivity contribution in [2.75, 3.05) is 0 Å². The normalized spacial score (nSPS) is 10.4. The van der Waals surface area contributed by atoms with Crippen LogP contribution in [0.4, 0.5) is 0 Å². The third-order valence-electron chi connectivity index (χ3n) is 1.84. The summed E-state index contributed by atoms with van der Waals surface area (Å²) < 4.78 is 4.97. The monoisotopic (exact) mass is 190 g/mol. The third kappa shape index (κ3) is 1.90. The van der Waals surface area contributed by atoms with Gasteiger partial charge in [0.05, 0.1) is 6.42 Å². The first kappa shape index (κ1) is 8.74. The van der Waals surface area contributed by atoms with E-state index in [2.05, 4.69) is 10.1 Å². The van der Waals surface area contributed by atoms with Crippen LogP contribution >= 0.6 is 0 Å². The van der Waals surface area contributed by atoms with E-state index >= 15 is 0 Å². The van der Waals surface area contributed by atoms with Crippen LogP contribution < -0.4 is 0 Å². The molecule has 2 rings (SSSR count). The van der Waals surface area contributed by atoms with Crippen molar-refractivity contribution in [2.45, 2.75) is 13.3 Å². The number of aromatic nitrogens is 2. The molecule has 2 aromatic rings. The second-order valence-electron chi connectivity index (χ2n) is 3.08. The molecular weight excluding hydrogens is 180 g/mol. The Morgan fingerprint density at radius 1 is 1.43 bits per heavy atom. The van der Waals surface area contributed by atoms with Gasteiger partial charge in [-0.25, -0.2) is 0 Å². The van der Waals surface area contributed by atoms with Crippen LogP contribution in [-0.4, -0.2) is 15.2 Å². The Kier molecular flexibility index (Phi) is 2.18. The van der Waals surface area contributed by atoms with Crippen molar-refractivity contribution in [3.63, 3.8) is 0 Å². The van der Waals surface area contributed by atoms with Crippen LogP contribution in [0.5, 0.6) is 5.75 Å². The molecule has 1 aromatic heterocycles. The van der Waals surface area contributed by atoms with E-state index in [-0.39, 0.29) is 5.75 Å². The van der Waals surface area contributed by atoms with E-state index < -0.39 is 0 Å². The maximum Gasteiger partial charge on any atom is 0.231 e. The first-order chi connectivity index (χ1) is 6.74. The van der Waals surface area contributed by atoms with Crippen molar-refractivity contribution < 1.29 is 9.63 Å². The molecule has 4 heteroatoms. The van der Waals surface area contributed by atoms with Gasteiger partial charge >= 0.3 is 0 Å². The molecule has 0 radical (unpaired) electrons. The van der Waals surface area contributed by atoms with Crippen molar-refractivity contribution in [1.82, 2.24) is 10.1 Å². The molecule has 0 spiro atoms. The molecule has 1 aromatic carbocycles. The maximum absolute atomic E-state index is 9.23. The number of aromatic hydroxyl groups is 1. The highest BCUT2D eigenvalue weighted by Crippen LogP contribution is 2.13. The van der Waals surface area contributed by atoms with Gasteiger partial charge in [-0.05, 0) is 24.6 Å². The minimum atomic E-state index is 0.249. The third-order valence-corrected chi connectivity index (χ3v) is 1.84. The zero-order valence-electron chi connectivity index (χ0n) is 7.77. The molecule has 72 valence electrons. The average Bonchev–Trinajstić information content (AvgIpc) is 2.51. The predicted molar refractivity (Wildman–Crippen MR) is 49.9 cm³/mol. The number of phenols is 1. The smallest absolute Gasteiger partial charge is 0.231 e. The quantitative estimate of drug-likeness (QED) is 0.782. The molecule has 0 amide bonds. The Hall–Kier alpha value is -1.84. The summed E-state index contributed by atoms with van der Waals surface area (Å²) in [5.41, 5.74) is 0.952. The van der Waals surface area contributed by atoms with Gasteiger partial charge in [0.1, 0.15) is 5.75 Å². The van der Waals surface area contributed by atoms with Gasteiger partial charge in [-0.2, -0.15) is 4.98 Å². The van der Waals surface area contributed by atoms with Crippen LogP contribution in [0.3, 0.4) is 0 Å².